The van der Waals surface area contributed by atoms with Crippen molar-refractivity contribution in [2.75, 3.05) is 14.2 Å². The Kier molecular flexibility index (Phi) is 6.28. The average Bonchev–Trinajstić information content (AvgIpc) is 3.14. The Bertz CT molecular complexity index is 710. The first kappa shape index (κ1) is 19.2. The third-order valence-electron chi connectivity index (χ3n) is 5.54. The molecule has 0 saturated heterocycles. The van der Waals surface area contributed by atoms with E-state index in [0.717, 1.165) is 30.8 Å². The second kappa shape index (κ2) is 8.85. The normalized spacial score (nSPS) is 18.9. The van der Waals surface area contributed by atoms with Crippen LogP contribution in [0.3, 0.4) is 0 Å². The van der Waals surface area contributed by atoms with Crippen LogP contribution in [0.2, 0.25) is 0 Å². The molecule has 0 unspecified atom stereocenters. The van der Waals surface area contributed by atoms with Gasteiger partial charge in [0, 0.05) is 24.0 Å². The standard InChI is InChI=1S/C23H26O4/c1-26-20-10-6-16(7-11-20)22(24)14-18-4-3-5-19(18)15-23(25)17-8-12-21(27-2)13-9-17/h6-13,18-19H,3-5,14-15H2,1-2H3/t18-,19-/m0/s1. The van der Waals surface area contributed by atoms with E-state index in [1.807, 2.05) is 48.5 Å². The van der Waals surface area contributed by atoms with Gasteiger partial charge in [-0.25, -0.2) is 0 Å². The van der Waals surface area contributed by atoms with Crippen molar-refractivity contribution in [1.82, 2.24) is 0 Å². The number of benzene rings is 2. The van der Waals surface area contributed by atoms with Gasteiger partial charge in [-0.2, -0.15) is 0 Å². The lowest BCUT2D eigenvalue weighted by Crippen LogP contribution is -2.17. The first-order valence-corrected chi connectivity index (χ1v) is 9.45. The van der Waals surface area contributed by atoms with Gasteiger partial charge in [-0.15, -0.1) is 0 Å². The van der Waals surface area contributed by atoms with Crippen molar-refractivity contribution in [3.05, 3.63) is 59.7 Å². The van der Waals surface area contributed by atoms with Crippen LogP contribution in [0.15, 0.2) is 48.5 Å². The van der Waals surface area contributed by atoms with Gasteiger partial charge >= 0.3 is 0 Å². The van der Waals surface area contributed by atoms with E-state index in [2.05, 4.69) is 0 Å². The molecular formula is C23H26O4. The molecule has 4 heteroatoms. The van der Waals surface area contributed by atoms with Gasteiger partial charge in [0.2, 0.25) is 0 Å². The molecule has 4 nitrogen and oxygen atoms in total. The van der Waals surface area contributed by atoms with Crippen molar-refractivity contribution in [1.29, 1.82) is 0 Å². The number of Topliss-reactive ketones (excluding diaryl/α,β-unsaturated/α-hetero) is 2. The number of methoxy groups -OCH3 is 2. The Hall–Kier alpha value is -2.62. The van der Waals surface area contributed by atoms with E-state index in [1.54, 1.807) is 14.2 Å². The van der Waals surface area contributed by atoms with E-state index < -0.39 is 0 Å². The maximum atomic E-state index is 12.6. The summed E-state index contributed by atoms with van der Waals surface area (Å²) >= 11 is 0. The van der Waals surface area contributed by atoms with Gasteiger partial charge in [0.25, 0.3) is 0 Å². The predicted octanol–water partition coefficient (Wildman–Crippen LogP) is 4.97. The molecule has 2 aromatic rings. The van der Waals surface area contributed by atoms with Crippen molar-refractivity contribution in [2.45, 2.75) is 32.1 Å². The fourth-order valence-electron chi connectivity index (χ4n) is 3.92. The van der Waals surface area contributed by atoms with Crippen molar-refractivity contribution in [3.63, 3.8) is 0 Å². The van der Waals surface area contributed by atoms with Gasteiger partial charge in [0.1, 0.15) is 11.5 Å². The topological polar surface area (TPSA) is 52.6 Å². The molecule has 0 spiro atoms. The molecule has 0 radical (unpaired) electrons. The van der Waals surface area contributed by atoms with Gasteiger partial charge < -0.3 is 9.47 Å². The van der Waals surface area contributed by atoms with Gasteiger partial charge in [0.15, 0.2) is 11.6 Å². The first-order chi connectivity index (χ1) is 13.1. The maximum Gasteiger partial charge on any atom is 0.163 e. The minimum absolute atomic E-state index is 0.145. The third-order valence-corrected chi connectivity index (χ3v) is 5.54. The number of ether oxygens (including phenoxy) is 2. The lowest BCUT2D eigenvalue weighted by Gasteiger charge is -2.18. The fraction of sp³-hybridized carbons (Fsp3) is 0.391. The minimum Gasteiger partial charge on any atom is -0.497 e. The Morgan fingerprint density at radius 2 is 1.11 bits per heavy atom. The summed E-state index contributed by atoms with van der Waals surface area (Å²) in [6, 6.07) is 14.5. The van der Waals surface area contributed by atoms with E-state index in [-0.39, 0.29) is 23.4 Å². The van der Waals surface area contributed by atoms with Crippen molar-refractivity contribution in [2.24, 2.45) is 11.8 Å². The van der Waals surface area contributed by atoms with Crippen molar-refractivity contribution in [3.8, 4) is 11.5 Å². The van der Waals surface area contributed by atoms with Crippen LogP contribution in [0.5, 0.6) is 11.5 Å². The molecule has 2 aromatic carbocycles. The molecule has 1 fully saturated rings. The van der Waals surface area contributed by atoms with Crippen LogP contribution in [0.1, 0.15) is 52.8 Å². The largest absolute Gasteiger partial charge is 0.497 e. The SMILES string of the molecule is COc1ccc(C(=O)C[C@@H]2CCC[C@H]2CC(=O)c2ccc(OC)cc2)cc1. The molecule has 0 aliphatic heterocycles. The van der Waals surface area contributed by atoms with E-state index in [0.29, 0.717) is 24.0 Å². The Morgan fingerprint density at radius 1 is 0.741 bits per heavy atom. The van der Waals surface area contributed by atoms with Gasteiger partial charge in [-0.1, -0.05) is 6.42 Å². The molecule has 0 heterocycles. The summed E-state index contributed by atoms with van der Waals surface area (Å²) in [5.74, 6) is 2.34. The summed E-state index contributed by atoms with van der Waals surface area (Å²) in [6.45, 7) is 0. The van der Waals surface area contributed by atoms with Crippen LogP contribution < -0.4 is 9.47 Å². The lowest BCUT2D eigenvalue weighted by atomic mass is 9.85. The monoisotopic (exact) mass is 366 g/mol. The van der Waals surface area contributed by atoms with Crippen molar-refractivity contribution >= 4 is 11.6 Å². The average molecular weight is 366 g/mol. The second-order valence-electron chi connectivity index (χ2n) is 7.16. The Labute approximate surface area is 160 Å². The quantitative estimate of drug-likeness (QED) is 0.619. The molecule has 1 saturated carbocycles. The summed E-state index contributed by atoms with van der Waals surface area (Å²) < 4.78 is 10.3. The van der Waals surface area contributed by atoms with Crippen LogP contribution in [-0.4, -0.2) is 25.8 Å². The molecule has 142 valence electrons. The number of ketones is 2. The van der Waals surface area contributed by atoms with Gasteiger partial charge in [0.05, 0.1) is 14.2 Å². The number of hydrogen-bond donors (Lipinski definition) is 0. The zero-order valence-electron chi connectivity index (χ0n) is 15.9. The lowest BCUT2D eigenvalue weighted by molar-refractivity contribution is 0.0904. The van der Waals surface area contributed by atoms with Gasteiger partial charge in [-0.3, -0.25) is 9.59 Å². The van der Waals surface area contributed by atoms with E-state index in [1.165, 1.54) is 0 Å². The highest BCUT2D eigenvalue weighted by molar-refractivity contribution is 5.97. The zero-order chi connectivity index (χ0) is 19.2. The smallest absolute Gasteiger partial charge is 0.163 e. The molecule has 1 aliphatic rings. The van der Waals surface area contributed by atoms with E-state index in [9.17, 15) is 9.59 Å². The van der Waals surface area contributed by atoms with Crippen LogP contribution in [0.4, 0.5) is 0 Å². The molecule has 0 N–H and O–H groups in total. The second-order valence-corrected chi connectivity index (χ2v) is 7.16. The molecular weight excluding hydrogens is 340 g/mol. The summed E-state index contributed by atoms with van der Waals surface area (Å²) in [7, 11) is 3.22. The first-order valence-electron chi connectivity index (χ1n) is 9.45. The molecule has 0 amide bonds. The third kappa shape index (κ3) is 4.76. The predicted molar refractivity (Wildman–Crippen MR) is 105 cm³/mol. The highest BCUT2D eigenvalue weighted by atomic mass is 16.5. The van der Waals surface area contributed by atoms with Gasteiger partial charge in [-0.05, 0) is 73.2 Å². The molecule has 27 heavy (non-hydrogen) atoms. The number of carbonyl (C=O) groups excluding carboxylic acids is 2. The number of carbonyl (C=O) groups is 2. The summed E-state index contributed by atoms with van der Waals surface area (Å²) in [5, 5.41) is 0. The van der Waals surface area contributed by atoms with Crippen molar-refractivity contribution < 1.29 is 19.1 Å². The Balaban J connectivity index is 1.60. The van der Waals surface area contributed by atoms with Crippen LogP contribution >= 0.6 is 0 Å². The molecule has 1 aliphatic carbocycles. The summed E-state index contributed by atoms with van der Waals surface area (Å²) in [4.78, 5) is 25.3. The maximum absolute atomic E-state index is 12.6. The highest BCUT2D eigenvalue weighted by Crippen LogP contribution is 2.38. The van der Waals surface area contributed by atoms with Crippen LogP contribution in [-0.2, 0) is 0 Å². The summed E-state index contributed by atoms with van der Waals surface area (Å²) in [5.41, 5.74) is 1.42. The number of rotatable bonds is 8. The molecule has 0 bridgehead atoms. The minimum atomic E-state index is 0.145. The zero-order valence-corrected chi connectivity index (χ0v) is 15.9. The van der Waals surface area contributed by atoms with Crippen LogP contribution in [0, 0.1) is 11.8 Å². The van der Waals surface area contributed by atoms with E-state index in [4.69, 9.17) is 9.47 Å². The number of hydrogen-bond acceptors (Lipinski definition) is 4. The molecule has 2 atom stereocenters. The highest BCUT2D eigenvalue weighted by Gasteiger charge is 2.31. The fourth-order valence-corrected chi connectivity index (χ4v) is 3.92. The summed E-state index contributed by atoms with van der Waals surface area (Å²) in [6.07, 6.45) is 4.13. The molecule has 0 aromatic heterocycles. The van der Waals surface area contributed by atoms with Crippen LogP contribution in [0.25, 0.3) is 0 Å². The Morgan fingerprint density at radius 3 is 1.44 bits per heavy atom. The van der Waals surface area contributed by atoms with E-state index >= 15 is 0 Å². The molecule has 3 rings (SSSR count).